The summed E-state index contributed by atoms with van der Waals surface area (Å²) in [6, 6.07) is 7.39. The highest BCUT2D eigenvalue weighted by atomic mass is 79.9. The molecule has 0 heterocycles. The number of benzene rings is 1. The van der Waals surface area contributed by atoms with E-state index in [1.54, 1.807) is 0 Å². The van der Waals surface area contributed by atoms with Gasteiger partial charge in [-0.3, -0.25) is 0 Å². The van der Waals surface area contributed by atoms with Crippen LogP contribution in [0.2, 0.25) is 0 Å². The highest BCUT2D eigenvalue weighted by Gasteiger charge is 2.27. The molecule has 1 aromatic rings. The number of hydrogen-bond acceptors (Lipinski definition) is 2. The van der Waals surface area contributed by atoms with E-state index >= 15 is 0 Å². The fourth-order valence-electron chi connectivity index (χ4n) is 1.54. The van der Waals surface area contributed by atoms with Crippen molar-refractivity contribution in [3.05, 3.63) is 34.3 Å². The molecule has 0 spiro atoms. The van der Waals surface area contributed by atoms with Crippen molar-refractivity contribution < 1.29 is 17.9 Å². The minimum absolute atomic E-state index is 0.324. The van der Waals surface area contributed by atoms with E-state index < -0.39 is 12.6 Å². The Kier molecular flexibility index (Phi) is 6.82. The monoisotopic (exact) mass is 339 g/mol. The topological polar surface area (TPSA) is 21.3 Å². The molecular weight excluding hydrogens is 323 g/mol. The van der Waals surface area contributed by atoms with Crippen LogP contribution >= 0.6 is 15.9 Å². The van der Waals surface area contributed by atoms with Crippen LogP contribution in [-0.2, 0) is 4.74 Å². The summed E-state index contributed by atoms with van der Waals surface area (Å²) >= 11 is 3.32. The first-order valence-corrected chi connectivity index (χ1v) is 6.86. The molecule has 0 aromatic heterocycles. The first-order chi connectivity index (χ1) is 8.92. The van der Waals surface area contributed by atoms with Gasteiger partial charge in [0.25, 0.3) is 0 Å². The van der Waals surface area contributed by atoms with Gasteiger partial charge >= 0.3 is 6.18 Å². The van der Waals surface area contributed by atoms with E-state index in [1.807, 2.05) is 31.2 Å². The third kappa shape index (κ3) is 6.94. The van der Waals surface area contributed by atoms with Crippen molar-refractivity contribution in [2.45, 2.75) is 25.6 Å². The quantitative estimate of drug-likeness (QED) is 0.808. The van der Waals surface area contributed by atoms with Crippen LogP contribution < -0.4 is 5.32 Å². The fraction of sp³-hybridized carbons (Fsp3) is 0.538. The van der Waals surface area contributed by atoms with Gasteiger partial charge in [-0.25, -0.2) is 0 Å². The molecule has 0 radical (unpaired) electrons. The zero-order valence-electron chi connectivity index (χ0n) is 10.6. The van der Waals surface area contributed by atoms with Gasteiger partial charge in [-0.15, -0.1) is 0 Å². The summed E-state index contributed by atoms with van der Waals surface area (Å²) in [6.45, 7) is 2.86. The number of likely N-dealkylation sites (N-methyl/N-ethyl adjacent to an activating group) is 1. The summed E-state index contributed by atoms with van der Waals surface area (Å²) in [7, 11) is 0. The van der Waals surface area contributed by atoms with E-state index in [9.17, 15) is 13.2 Å². The van der Waals surface area contributed by atoms with E-state index in [2.05, 4.69) is 21.2 Å². The van der Waals surface area contributed by atoms with Gasteiger partial charge in [0, 0.05) is 11.0 Å². The average molecular weight is 340 g/mol. The number of ether oxygens (including phenoxy) is 1. The summed E-state index contributed by atoms with van der Waals surface area (Å²) in [6.07, 6.45) is -5.47. The molecular formula is C13H17BrF3NO. The molecule has 0 amide bonds. The largest absolute Gasteiger partial charge is 0.391 e. The molecule has 0 aliphatic carbocycles. The maximum absolute atomic E-state index is 12.1. The first-order valence-electron chi connectivity index (χ1n) is 6.07. The molecule has 1 aromatic carbocycles. The van der Waals surface area contributed by atoms with Crippen LogP contribution in [0.5, 0.6) is 0 Å². The highest BCUT2D eigenvalue weighted by molar-refractivity contribution is 9.10. The Labute approximate surface area is 119 Å². The molecule has 108 valence electrons. The smallest absolute Gasteiger partial charge is 0.372 e. The standard InChI is InChI=1S/C13H17BrF3NO/c1-2-18-9-12(19-8-7-13(15,16)17)10-3-5-11(14)6-4-10/h3-6,12,18H,2,7-9H2,1H3. The van der Waals surface area contributed by atoms with Crippen LogP contribution in [0, 0.1) is 0 Å². The second-order valence-corrected chi connectivity index (χ2v) is 5.00. The number of halogens is 4. The second kappa shape index (κ2) is 7.87. The zero-order chi connectivity index (χ0) is 14.3. The van der Waals surface area contributed by atoms with Crippen LogP contribution in [0.3, 0.4) is 0 Å². The van der Waals surface area contributed by atoms with Gasteiger partial charge in [0.1, 0.15) is 0 Å². The van der Waals surface area contributed by atoms with Crippen LogP contribution in [0.4, 0.5) is 13.2 Å². The van der Waals surface area contributed by atoms with E-state index in [1.165, 1.54) is 0 Å². The Bertz CT molecular complexity index is 367. The van der Waals surface area contributed by atoms with Crippen molar-refractivity contribution >= 4 is 15.9 Å². The molecule has 1 rings (SSSR count). The van der Waals surface area contributed by atoms with Crippen molar-refractivity contribution in [3.63, 3.8) is 0 Å². The summed E-state index contributed by atoms with van der Waals surface area (Å²) < 4.78 is 42.6. The summed E-state index contributed by atoms with van der Waals surface area (Å²) in [5.74, 6) is 0. The lowest BCUT2D eigenvalue weighted by Gasteiger charge is -2.19. The van der Waals surface area contributed by atoms with Crippen LogP contribution in [0.15, 0.2) is 28.7 Å². The van der Waals surface area contributed by atoms with Crippen LogP contribution in [-0.4, -0.2) is 25.9 Å². The number of nitrogens with one attached hydrogen (secondary N) is 1. The van der Waals surface area contributed by atoms with Crippen molar-refractivity contribution in [2.24, 2.45) is 0 Å². The lowest BCUT2D eigenvalue weighted by atomic mass is 10.1. The Morgan fingerprint density at radius 3 is 2.42 bits per heavy atom. The molecule has 19 heavy (non-hydrogen) atoms. The molecule has 0 saturated carbocycles. The van der Waals surface area contributed by atoms with Gasteiger partial charge in [-0.2, -0.15) is 13.2 Å². The molecule has 0 saturated heterocycles. The number of rotatable bonds is 7. The molecule has 6 heteroatoms. The minimum atomic E-state index is -4.18. The van der Waals surface area contributed by atoms with Crippen LogP contribution in [0.25, 0.3) is 0 Å². The maximum Gasteiger partial charge on any atom is 0.391 e. The average Bonchev–Trinajstić information content (AvgIpc) is 2.33. The molecule has 1 atom stereocenters. The molecule has 2 nitrogen and oxygen atoms in total. The van der Waals surface area contributed by atoms with Gasteiger partial charge in [0.2, 0.25) is 0 Å². The first kappa shape index (κ1) is 16.5. The van der Waals surface area contributed by atoms with Gasteiger partial charge in [-0.1, -0.05) is 35.0 Å². The summed E-state index contributed by atoms with van der Waals surface area (Å²) in [4.78, 5) is 0. The zero-order valence-corrected chi connectivity index (χ0v) is 12.2. The second-order valence-electron chi connectivity index (χ2n) is 4.08. The molecule has 0 aliphatic rings. The lowest BCUT2D eigenvalue weighted by molar-refractivity contribution is -0.149. The minimum Gasteiger partial charge on any atom is -0.372 e. The summed E-state index contributed by atoms with van der Waals surface area (Å²) in [5, 5.41) is 3.09. The Morgan fingerprint density at radius 2 is 1.89 bits per heavy atom. The number of alkyl halides is 3. The number of hydrogen-bond donors (Lipinski definition) is 1. The maximum atomic E-state index is 12.1. The molecule has 0 bridgehead atoms. The predicted molar refractivity (Wildman–Crippen MR) is 72.1 cm³/mol. The molecule has 0 aliphatic heterocycles. The van der Waals surface area contributed by atoms with Crippen molar-refractivity contribution in [1.82, 2.24) is 5.32 Å². The predicted octanol–water partition coefficient (Wildman–Crippen LogP) is 4.07. The Balaban J connectivity index is 2.58. The van der Waals surface area contributed by atoms with Crippen molar-refractivity contribution in [3.8, 4) is 0 Å². The van der Waals surface area contributed by atoms with E-state index in [0.717, 1.165) is 16.6 Å². The van der Waals surface area contributed by atoms with Gasteiger partial charge in [0.05, 0.1) is 19.1 Å². The molecule has 1 unspecified atom stereocenters. The lowest BCUT2D eigenvalue weighted by Crippen LogP contribution is -2.24. The van der Waals surface area contributed by atoms with Crippen molar-refractivity contribution in [1.29, 1.82) is 0 Å². The summed E-state index contributed by atoms with van der Waals surface area (Å²) in [5.41, 5.74) is 0.867. The van der Waals surface area contributed by atoms with Gasteiger partial charge in [0.15, 0.2) is 0 Å². The highest BCUT2D eigenvalue weighted by Crippen LogP contribution is 2.23. The Hall–Kier alpha value is -0.590. The molecule has 0 fully saturated rings. The third-order valence-corrected chi connectivity index (χ3v) is 3.05. The fourth-order valence-corrected chi connectivity index (χ4v) is 1.81. The van der Waals surface area contributed by atoms with E-state index in [-0.39, 0.29) is 12.7 Å². The van der Waals surface area contributed by atoms with Gasteiger partial charge in [-0.05, 0) is 24.2 Å². The van der Waals surface area contributed by atoms with E-state index in [0.29, 0.717) is 6.54 Å². The third-order valence-electron chi connectivity index (χ3n) is 2.53. The molecule has 1 N–H and O–H groups in total. The SMILES string of the molecule is CCNCC(OCCC(F)(F)F)c1ccc(Br)cc1. The van der Waals surface area contributed by atoms with Crippen molar-refractivity contribution in [2.75, 3.05) is 19.7 Å². The van der Waals surface area contributed by atoms with Crippen LogP contribution in [0.1, 0.15) is 25.0 Å². The Morgan fingerprint density at radius 1 is 1.26 bits per heavy atom. The van der Waals surface area contributed by atoms with Gasteiger partial charge < -0.3 is 10.1 Å². The normalized spacial score (nSPS) is 13.5. The van der Waals surface area contributed by atoms with E-state index in [4.69, 9.17) is 4.74 Å².